The zero-order valence-electron chi connectivity index (χ0n) is 15.1. The molecule has 2 aliphatic heterocycles. The summed E-state index contributed by atoms with van der Waals surface area (Å²) >= 11 is 0. The number of carbonyl (C=O) groups excluding carboxylic acids is 2. The lowest BCUT2D eigenvalue weighted by molar-refractivity contribution is -0.151. The number of carboxylic acid groups (broad SMARTS) is 1. The maximum absolute atomic E-state index is 12.9. The van der Waals surface area contributed by atoms with Crippen molar-refractivity contribution in [3.63, 3.8) is 0 Å². The Morgan fingerprint density at radius 1 is 1.21 bits per heavy atom. The average molecular weight is 338 g/mol. The Kier molecular flexibility index (Phi) is 5.88. The number of carbonyl (C=O) groups is 3. The number of aliphatic carboxylic acids is 1. The molecular formula is C18H30N2O4. The Balaban J connectivity index is 2.02. The fourth-order valence-electron chi connectivity index (χ4n) is 3.95. The Labute approximate surface area is 144 Å². The van der Waals surface area contributed by atoms with Crippen LogP contribution in [0.2, 0.25) is 0 Å². The fraction of sp³-hybridized carbons (Fsp3) is 0.833. The van der Waals surface area contributed by atoms with Crippen molar-refractivity contribution in [3.8, 4) is 0 Å². The molecule has 0 aliphatic carbocycles. The second-order valence-electron chi connectivity index (χ2n) is 7.55. The minimum atomic E-state index is -0.831. The summed E-state index contributed by atoms with van der Waals surface area (Å²) in [5, 5.41) is 9.63. The average Bonchev–Trinajstić information content (AvgIpc) is 3.01. The van der Waals surface area contributed by atoms with Crippen molar-refractivity contribution < 1.29 is 19.5 Å². The highest BCUT2D eigenvalue weighted by atomic mass is 16.4. The summed E-state index contributed by atoms with van der Waals surface area (Å²) < 4.78 is 0. The Morgan fingerprint density at radius 3 is 2.46 bits per heavy atom. The quantitative estimate of drug-likeness (QED) is 0.831. The topological polar surface area (TPSA) is 77.9 Å². The second kappa shape index (κ2) is 7.53. The smallest absolute Gasteiger partial charge is 0.311 e. The van der Waals surface area contributed by atoms with Crippen LogP contribution in [0.5, 0.6) is 0 Å². The van der Waals surface area contributed by atoms with Crippen molar-refractivity contribution >= 4 is 17.8 Å². The highest BCUT2D eigenvalue weighted by molar-refractivity contribution is 5.83. The van der Waals surface area contributed by atoms with Gasteiger partial charge < -0.3 is 14.9 Å². The van der Waals surface area contributed by atoms with Gasteiger partial charge in [0.1, 0.15) is 0 Å². The second-order valence-corrected chi connectivity index (χ2v) is 7.55. The SMILES string of the molecule is CCCC(=O)N1CCC[C@@H](C(=O)N2CC[C@@](C(=O)O)(C(C)C)C2)C1. The largest absolute Gasteiger partial charge is 0.481 e. The van der Waals surface area contributed by atoms with Crippen LogP contribution in [0.25, 0.3) is 0 Å². The normalized spacial score (nSPS) is 27.6. The van der Waals surface area contributed by atoms with Crippen LogP contribution in [-0.2, 0) is 14.4 Å². The van der Waals surface area contributed by atoms with Crippen LogP contribution in [0.3, 0.4) is 0 Å². The van der Waals surface area contributed by atoms with Gasteiger partial charge in [-0.1, -0.05) is 20.8 Å². The molecule has 2 fully saturated rings. The number of likely N-dealkylation sites (tertiary alicyclic amines) is 2. The van der Waals surface area contributed by atoms with Crippen molar-refractivity contribution in [1.82, 2.24) is 9.80 Å². The molecule has 1 N–H and O–H groups in total. The minimum absolute atomic E-state index is 0.0122. The van der Waals surface area contributed by atoms with Gasteiger partial charge in [-0.2, -0.15) is 0 Å². The Bertz CT molecular complexity index is 505. The van der Waals surface area contributed by atoms with E-state index in [2.05, 4.69) is 0 Å². The summed E-state index contributed by atoms with van der Waals surface area (Å²) in [5.74, 6) is -0.861. The van der Waals surface area contributed by atoms with Gasteiger partial charge in [-0.05, 0) is 31.6 Å². The molecule has 6 heteroatoms. The van der Waals surface area contributed by atoms with E-state index in [1.54, 1.807) is 9.80 Å². The van der Waals surface area contributed by atoms with E-state index in [0.717, 1.165) is 25.8 Å². The summed E-state index contributed by atoms with van der Waals surface area (Å²) in [7, 11) is 0. The molecular weight excluding hydrogens is 308 g/mol. The molecule has 0 aromatic heterocycles. The highest BCUT2D eigenvalue weighted by Gasteiger charge is 2.49. The van der Waals surface area contributed by atoms with E-state index in [4.69, 9.17) is 0 Å². The standard InChI is InChI=1S/C18H30N2O4/c1-4-6-15(21)19-9-5-7-14(11-19)16(22)20-10-8-18(12-20,13(2)3)17(23)24/h13-14H,4-12H2,1-3H3,(H,23,24)/t14-,18+/m1/s1. The van der Waals surface area contributed by atoms with Crippen molar-refractivity contribution in [3.05, 3.63) is 0 Å². The number of hydrogen-bond donors (Lipinski definition) is 1. The molecule has 2 heterocycles. The summed E-state index contributed by atoms with van der Waals surface area (Å²) in [4.78, 5) is 40.2. The van der Waals surface area contributed by atoms with Gasteiger partial charge in [0.15, 0.2) is 0 Å². The Hall–Kier alpha value is -1.59. The molecule has 2 amide bonds. The molecule has 2 rings (SSSR count). The molecule has 6 nitrogen and oxygen atoms in total. The lowest BCUT2D eigenvalue weighted by atomic mass is 9.76. The third-order valence-corrected chi connectivity index (χ3v) is 5.73. The van der Waals surface area contributed by atoms with E-state index in [1.165, 1.54) is 0 Å². The molecule has 0 saturated carbocycles. The molecule has 0 radical (unpaired) electrons. The highest BCUT2D eigenvalue weighted by Crippen LogP contribution is 2.39. The predicted octanol–water partition coefficient (Wildman–Crippen LogP) is 1.98. The summed E-state index contributed by atoms with van der Waals surface area (Å²) in [6, 6.07) is 0. The zero-order valence-corrected chi connectivity index (χ0v) is 15.1. The number of amides is 2. The van der Waals surface area contributed by atoms with E-state index in [0.29, 0.717) is 25.9 Å². The van der Waals surface area contributed by atoms with Gasteiger partial charge in [0.2, 0.25) is 11.8 Å². The number of rotatable bonds is 5. The molecule has 0 spiro atoms. The zero-order chi connectivity index (χ0) is 17.9. The van der Waals surface area contributed by atoms with E-state index < -0.39 is 11.4 Å². The van der Waals surface area contributed by atoms with Crippen LogP contribution in [0, 0.1) is 17.3 Å². The van der Waals surface area contributed by atoms with Gasteiger partial charge in [-0.15, -0.1) is 0 Å². The maximum Gasteiger partial charge on any atom is 0.311 e. The Morgan fingerprint density at radius 2 is 1.92 bits per heavy atom. The molecule has 2 saturated heterocycles. The third-order valence-electron chi connectivity index (χ3n) is 5.73. The first-order chi connectivity index (χ1) is 11.3. The van der Waals surface area contributed by atoms with Crippen LogP contribution in [0.15, 0.2) is 0 Å². The number of nitrogens with zero attached hydrogens (tertiary/aromatic N) is 2. The van der Waals surface area contributed by atoms with Crippen molar-refractivity contribution in [2.75, 3.05) is 26.2 Å². The molecule has 0 aromatic rings. The fourth-order valence-corrected chi connectivity index (χ4v) is 3.95. The number of hydrogen-bond acceptors (Lipinski definition) is 3. The number of piperidine rings is 1. The van der Waals surface area contributed by atoms with Crippen LogP contribution in [-0.4, -0.2) is 58.9 Å². The first-order valence-corrected chi connectivity index (χ1v) is 9.11. The number of carboxylic acids is 1. The van der Waals surface area contributed by atoms with Crippen LogP contribution < -0.4 is 0 Å². The molecule has 0 bridgehead atoms. The van der Waals surface area contributed by atoms with Crippen molar-refractivity contribution in [1.29, 1.82) is 0 Å². The summed E-state index contributed by atoms with van der Waals surface area (Å²) in [5.41, 5.74) is -0.831. The lowest BCUT2D eigenvalue weighted by Gasteiger charge is -2.35. The van der Waals surface area contributed by atoms with Crippen LogP contribution in [0.4, 0.5) is 0 Å². The van der Waals surface area contributed by atoms with Gasteiger partial charge >= 0.3 is 5.97 Å². The van der Waals surface area contributed by atoms with Gasteiger partial charge in [0.05, 0.1) is 11.3 Å². The monoisotopic (exact) mass is 338 g/mol. The maximum atomic E-state index is 12.9. The van der Waals surface area contributed by atoms with E-state index in [-0.39, 0.29) is 30.2 Å². The summed E-state index contributed by atoms with van der Waals surface area (Å²) in [6.45, 7) is 7.80. The third kappa shape index (κ3) is 3.57. The van der Waals surface area contributed by atoms with Crippen molar-refractivity contribution in [2.24, 2.45) is 17.3 Å². The molecule has 136 valence electrons. The van der Waals surface area contributed by atoms with E-state index >= 15 is 0 Å². The van der Waals surface area contributed by atoms with E-state index in [1.807, 2.05) is 20.8 Å². The summed E-state index contributed by atoms with van der Waals surface area (Å²) in [6.07, 6.45) is 3.48. The van der Waals surface area contributed by atoms with Crippen molar-refractivity contribution in [2.45, 2.75) is 52.9 Å². The molecule has 24 heavy (non-hydrogen) atoms. The molecule has 0 unspecified atom stereocenters. The predicted molar refractivity (Wildman–Crippen MR) is 90.3 cm³/mol. The first-order valence-electron chi connectivity index (χ1n) is 9.11. The van der Waals surface area contributed by atoms with Crippen LogP contribution in [0.1, 0.15) is 52.9 Å². The van der Waals surface area contributed by atoms with Gasteiger partial charge in [0, 0.05) is 32.6 Å². The minimum Gasteiger partial charge on any atom is -0.481 e. The molecule has 2 atom stereocenters. The van der Waals surface area contributed by atoms with Gasteiger partial charge in [-0.25, -0.2) is 0 Å². The van der Waals surface area contributed by atoms with E-state index in [9.17, 15) is 19.5 Å². The van der Waals surface area contributed by atoms with Gasteiger partial charge in [0.25, 0.3) is 0 Å². The van der Waals surface area contributed by atoms with Gasteiger partial charge in [-0.3, -0.25) is 14.4 Å². The molecule has 0 aromatic carbocycles. The first kappa shape index (κ1) is 18.7. The lowest BCUT2D eigenvalue weighted by Crippen LogP contribution is -2.47. The molecule has 2 aliphatic rings. The van der Waals surface area contributed by atoms with Crippen LogP contribution >= 0.6 is 0 Å².